The highest BCUT2D eigenvalue weighted by molar-refractivity contribution is 4.99. The van der Waals surface area contributed by atoms with E-state index in [-0.39, 0.29) is 6.10 Å². The van der Waals surface area contributed by atoms with Gasteiger partial charge in [0.15, 0.2) is 0 Å². The van der Waals surface area contributed by atoms with Gasteiger partial charge in [0.05, 0.1) is 6.10 Å². The first-order chi connectivity index (χ1) is 5.34. The van der Waals surface area contributed by atoms with Crippen molar-refractivity contribution < 1.29 is 5.11 Å². The molecule has 11 heavy (non-hydrogen) atoms. The lowest BCUT2D eigenvalue weighted by Gasteiger charge is -2.26. The normalized spacial score (nSPS) is 60.3. The summed E-state index contributed by atoms with van der Waals surface area (Å²) in [6.07, 6.45) is 6.91. The topological polar surface area (TPSA) is 20.2 Å². The van der Waals surface area contributed by atoms with E-state index in [9.17, 15) is 5.11 Å². The summed E-state index contributed by atoms with van der Waals surface area (Å²) in [6.45, 7) is 0. The Morgan fingerprint density at radius 2 is 1.64 bits per heavy atom. The monoisotopic (exact) mass is 152 g/mol. The number of hydrogen-bond donors (Lipinski definition) is 1. The zero-order valence-corrected chi connectivity index (χ0v) is 6.87. The third-order valence-electron chi connectivity index (χ3n) is 4.40. The van der Waals surface area contributed by atoms with Crippen molar-refractivity contribution in [3.8, 4) is 0 Å². The molecule has 0 amide bonds. The highest BCUT2D eigenvalue weighted by Crippen LogP contribution is 2.55. The van der Waals surface area contributed by atoms with Crippen molar-refractivity contribution in [2.75, 3.05) is 0 Å². The van der Waals surface area contributed by atoms with Crippen LogP contribution >= 0.6 is 0 Å². The molecular formula is C10H16O. The van der Waals surface area contributed by atoms with Crippen LogP contribution < -0.4 is 0 Å². The van der Waals surface area contributed by atoms with Crippen LogP contribution in [0.4, 0.5) is 0 Å². The molecule has 0 aliphatic heterocycles. The maximum atomic E-state index is 9.72. The van der Waals surface area contributed by atoms with Crippen LogP contribution in [0.15, 0.2) is 0 Å². The second-order valence-corrected chi connectivity index (χ2v) is 4.80. The molecule has 3 aliphatic rings. The minimum Gasteiger partial charge on any atom is -0.393 e. The molecule has 0 aromatic rings. The van der Waals surface area contributed by atoms with E-state index in [1.54, 1.807) is 0 Å². The van der Waals surface area contributed by atoms with Crippen LogP contribution in [0.5, 0.6) is 0 Å². The van der Waals surface area contributed by atoms with Gasteiger partial charge >= 0.3 is 0 Å². The summed E-state index contributed by atoms with van der Waals surface area (Å²) in [6, 6.07) is 0. The minimum atomic E-state index is 0.0790. The number of aliphatic hydroxyl groups excluding tert-OH is 1. The molecule has 1 nitrogen and oxygen atoms in total. The van der Waals surface area contributed by atoms with Crippen LogP contribution in [-0.4, -0.2) is 11.2 Å². The van der Waals surface area contributed by atoms with Gasteiger partial charge in [0.25, 0.3) is 0 Å². The van der Waals surface area contributed by atoms with Crippen molar-refractivity contribution in [1.29, 1.82) is 0 Å². The molecule has 0 saturated heterocycles. The molecule has 62 valence electrons. The Balaban J connectivity index is 1.93. The molecule has 0 heterocycles. The van der Waals surface area contributed by atoms with Crippen molar-refractivity contribution in [1.82, 2.24) is 0 Å². The van der Waals surface area contributed by atoms with Crippen molar-refractivity contribution >= 4 is 0 Å². The summed E-state index contributed by atoms with van der Waals surface area (Å²) in [5.74, 6) is 3.54. The molecule has 0 spiro atoms. The minimum absolute atomic E-state index is 0.0790. The predicted molar refractivity (Wildman–Crippen MR) is 43.1 cm³/mol. The summed E-state index contributed by atoms with van der Waals surface area (Å²) in [5.41, 5.74) is 0. The first-order valence-corrected chi connectivity index (χ1v) is 5.02. The van der Waals surface area contributed by atoms with Gasteiger partial charge in [-0.25, -0.2) is 0 Å². The molecule has 4 bridgehead atoms. The standard InChI is InChI=1S/C10H16O/c11-10-5-8-4-9(10)7-2-1-6(8)3-7/h6-11H,1-5H2. The fourth-order valence-electron chi connectivity index (χ4n) is 3.85. The van der Waals surface area contributed by atoms with Gasteiger partial charge in [-0.05, 0) is 55.8 Å². The van der Waals surface area contributed by atoms with Crippen molar-refractivity contribution in [2.24, 2.45) is 23.7 Å². The lowest BCUT2D eigenvalue weighted by atomic mass is 9.79. The molecule has 0 aromatic carbocycles. The third-order valence-corrected chi connectivity index (χ3v) is 4.40. The molecule has 0 radical (unpaired) electrons. The number of aliphatic hydroxyl groups is 1. The van der Waals surface area contributed by atoms with Gasteiger partial charge in [-0.3, -0.25) is 0 Å². The maximum Gasteiger partial charge on any atom is 0.0573 e. The number of rotatable bonds is 0. The van der Waals surface area contributed by atoms with Gasteiger partial charge in [-0.15, -0.1) is 0 Å². The average molecular weight is 152 g/mol. The molecule has 3 rings (SSSR count). The Morgan fingerprint density at radius 1 is 0.818 bits per heavy atom. The molecule has 3 aliphatic carbocycles. The quantitative estimate of drug-likeness (QED) is 0.561. The first-order valence-electron chi connectivity index (χ1n) is 5.02. The fraction of sp³-hybridized carbons (Fsp3) is 1.00. The molecule has 3 saturated carbocycles. The first kappa shape index (κ1) is 6.47. The molecule has 0 aromatic heterocycles. The average Bonchev–Trinajstić information content (AvgIpc) is 2.49. The largest absolute Gasteiger partial charge is 0.393 e. The molecule has 5 atom stereocenters. The highest BCUT2D eigenvalue weighted by Gasteiger charge is 2.49. The SMILES string of the molecule is OC1CC2CC1C1CCC2C1. The zero-order chi connectivity index (χ0) is 7.42. The molecule has 5 unspecified atom stereocenters. The van der Waals surface area contributed by atoms with E-state index in [4.69, 9.17) is 0 Å². The summed E-state index contributed by atoms with van der Waals surface area (Å²) >= 11 is 0. The van der Waals surface area contributed by atoms with Crippen LogP contribution in [0.3, 0.4) is 0 Å². The lowest BCUT2D eigenvalue weighted by molar-refractivity contribution is 0.0999. The molecular weight excluding hydrogens is 136 g/mol. The lowest BCUT2D eigenvalue weighted by Crippen LogP contribution is -2.22. The van der Waals surface area contributed by atoms with E-state index in [0.29, 0.717) is 5.92 Å². The summed E-state index contributed by atoms with van der Waals surface area (Å²) in [5, 5.41) is 9.72. The van der Waals surface area contributed by atoms with Gasteiger partial charge in [0.2, 0.25) is 0 Å². The van der Waals surface area contributed by atoms with Gasteiger partial charge in [-0.2, -0.15) is 0 Å². The summed E-state index contributed by atoms with van der Waals surface area (Å²) in [7, 11) is 0. The van der Waals surface area contributed by atoms with E-state index in [2.05, 4.69) is 0 Å². The Kier molecular flexibility index (Phi) is 1.18. The van der Waals surface area contributed by atoms with E-state index in [1.165, 1.54) is 25.7 Å². The van der Waals surface area contributed by atoms with E-state index >= 15 is 0 Å². The van der Waals surface area contributed by atoms with E-state index in [0.717, 1.165) is 24.2 Å². The van der Waals surface area contributed by atoms with E-state index in [1.807, 2.05) is 0 Å². The third kappa shape index (κ3) is 0.752. The Labute approximate surface area is 67.8 Å². The smallest absolute Gasteiger partial charge is 0.0573 e. The molecule has 1 heteroatoms. The van der Waals surface area contributed by atoms with Crippen molar-refractivity contribution in [3.63, 3.8) is 0 Å². The van der Waals surface area contributed by atoms with Crippen LogP contribution in [0.1, 0.15) is 32.1 Å². The second kappa shape index (κ2) is 2.01. The van der Waals surface area contributed by atoms with Crippen LogP contribution in [0, 0.1) is 23.7 Å². The van der Waals surface area contributed by atoms with Crippen LogP contribution in [0.25, 0.3) is 0 Å². The molecule has 3 fully saturated rings. The second-order valence-electron chi connectivity index (χ2n) is 4.80. The van der Waals surface area contributed by atoms with Crippen LogP contribution in [0.2, 0.25) is 0 Å². The van der Waals surface area contributed by atoms with Gasteiger partial charge in [-0.1, -0.05) is 0 Å². The highest BCUT2D eigenvalue weighted by atomic mass is 16.3. The number of fused-ring (bicyclic) bond motifs is 6. The maximum absolute atomic E-state index is 9.72. The Hall–Kier alpha value is -0.0400. The zero-order valence-electron chi connectivity index (χ0n) is 6.87. The summed E-state index contributed by atoms with van der Waals surface area (Å²) in [4.78, 5) is 0. The summed E-state index contributed by atoms with van der Waals surface area (Å²) < 4.78 is 0. The number of hydrogen-bond acceptors (Lipinski definition) is 1. The van der Waals surface area contributed by atoms with Crippen molar-refractivity contribution in [2.45, 2.75) is 38.2 Å². The van der Waals surface area contributed by atoms with Gasteiger partial charge in [0, 0.05) is 0 Å². The van der Waals surface area contributed by atoms with Crippen molar-refractivity contribution in [3.05, 3.63) is 0 Å². The van der Waals surface area contributed by atoms with E-state index < -0.39 is 0 Å². The predicted octanol–water partition coefficient (Wildman–Crippen LogP) is 1.80. The molecule has 1 N–H and O–H groups in total. The van der Waals surface area contributed by atoms with Gasteiger partial charge in [0.1, 0.15) is 0 Å². The Morgan fingerprint density at radius 3 is 2.55 bits per heavy atom. The fourth-order valence-corrected chi connectivity index (χ4v) is 3.85. The van der Waals surface area contributed by atoms with Crippen LogP contribution in [-0.2, 0) is 0 Å². The Bertz CT molecular complexity index is 178. The van der Waals surface area contributed by atoms with Gasteiger partial charge < -0.3 is 5.11 Å².